The number of aryl methyl sites for hydroxylation is 2. The van der Waals surface area contributed by atoms with E-state index in [4.69, 9.17) is 16.3 Å². The first kappa shape index (κ1) is 16.0. The van der Waals surface area contributed by atoms with Crippen molar-refractivity contribution in [3.05, 3.63) is 52.8 Å². The van der Waals surface area contributed by atoms with Crippen LogP contribution in [0.4, 0.5) is 0 Å². The molecule has 0 N–H and O–H groups in total. The maximum Gasteiger partial charge on any atom is 0.224 e. The molecular weight excluding hydrogens is 314 g/mol. The van der Waals surface area contributed by atoms with Gasteiger partial charge in [0.2, 0.25) is 5.91 Å². The molecule has 1 saturated heterocycles. The van der Waals surface area contributed by atoms with E-state index in [0.717, 1.165) is 11.1 Å². The van der Waals surface area contributed by atoms with Gasteiger partial charge in [0.05, 0.1) is 19.3 Å². The van der Waals surface area contributed by atoms with Crippen LogP contribution in [0.3, 0.4) is 0 Å². The number of rotatable bonds is 4. The van der Waals surface area contributed by atoms with Crippen molar-refractivity contribution < 1.29 is 9.53 Å². The Kier molecular flexibility index (Phi) is 4.98. The molecule has 2 heterocycles. The van der Waals surface area contributed by atoms with Gasteiger partial charge in [-0.25, -0.2) is 0 Å². The fraction of sp³-hybridized carbons (Fsp3) is 0.412. The first-order chi connectivity index (χ1) is 11.1. The van der Waals surface area contributed by atoms with Crippen LogP contribution in [0.1, 0.15) is 23.7 Å². The lowest BCUT2D eigenvalue weighted by molar-refractivity contribution is -0.139. The highest BCUT2D eigenvalue weighted by Gasteiger charge is 2.25. The molecule has 2 aromatic rings. The van der Waals surface area contributed by atoms with E-state index in [2.05, 4.69) is 5.10 Å². The summed E-state index contributed by atoms with van der Waals surface area (Å²) < 4.78 is 7.61. The molecule has 0 aliphatic carbocycles. The van der Waals surface area contributed by atoms with E-state index in [1.165, 1.54) is 0 Å². The van der Waals surface area contributed by atoms with Gasteiger partial charge in [0.15, 0.2) is 0 Å². The van der Waals surface area contributed by atoms with Gasteiger partial charge in [-0.15, -0.1) is 0 Å². The van der Waals surface area contributed by atoms with Crippen LogP contribution >= 0.6 is 11.6 Å². The van der Waals surface area contributed by atoms with Gasteiger partial charge in [0, 0.05) is 30.7 Å². The van der Waals surface area contributed by atoms with E-state index >= 15 is 0 Å². The summed E-state index contributed by atoms with van der Waals surface area (Å²) in [6, 6.07) is 7.60. The maximum atomic E-state index is 12.4. The van der Waals surface area contributed by atoms with Crippen molar-refractivity contribution in [3.8, 4) is 0 Å². The molecule has 0 spiro atoms. The minimum atomic E-state index is -0.0862. The van der Waals surface area contributed by atoms with Crippen LogP contribution in [0.5, 0.6) is 0 Å². The number of hydrogen-bond donors (Lipinski definition) is 0. The summed E-state index contributed by atoms with van der Waals surface area (Å²) in [5.74, 6) is 0.139. The fourth-order valence-electron chi connectivity index (χ4n) is 2.71. The van der Waals surface area contributed by atoms with Gasteiger partial charge in [-0.2, -0.15) is 5.10 Å². The van der Waals surface area contributed by atoms with Gasteiger partial charge < -0.3 is 9.64 Å². The molecule has 6 heteroatoms. The molecular formula is C17H20ClN3O2. The summed E-state index contributed by atoms with van der Waals surface area (Å²) >= 11 is 5.92. The van der Waals surface area contributed by atoms with Crippen molar-refractivity contribution in [2.75, 3.05) is 19.7 Å². The minimum absolute atomic E-state index is 0.0862. The molecule has 1 atom stereocenters. The zero-order chi connectivity index (χ0) is 16.2. The monoisotopic (exact) mass is 333 g/mol. The molecule has 1 amide bonds. The molecule has 23 heavy (non-hydrogen) atoms. The van der Waals surface area contributed by atoms with Gasteiger partial charge >= 0.3 is 0 Å². The molecule has 122 valence electrons. The van der Waals surface area contributed by atoms with Gasteiger partial charge in [-0.05, 0) is 30.2 Å². The number of halogens is 1. The second-order valence-corrected chi connectivity index (χ2v) is 6.22. The van der Waals surface area contributed by atoms with E-state index in [0.29, 0.717) is 37.7 Å². The summed E-state index contributed by atoms with van der Waals surface area (Å²) in [4.78, 5) is 14.3. The summed E-state index contributed by atoms with van der Waals surface area (Å²) in [5, 5.41) is 4.91. The Morgan fingerprint density at radius 2 is 2.17 bits per heavy atom. The number of morpholine rings is 1. The molecule has 1 aromatic carbocycles. The molecule has 1 aliphatic heterocycles. The quantitative estimate of drug-likeness (QED) is 0.864. The van der Waals surface area contributed by atoms with Gasteiger partial charge in [-0.3, -0.25) is 9.48 Å². The predicted octanol–water partition coefficient (Wildman–Crippen LogP) is 2.84. The third-order valence-corrected chi connectivity index (χ3v) is 4.23. The Hall–Kier alpha value is -1.85. The largest absolute Gasteiger partial charge is 0.370 e. The Bertz CT molecular complexity index is 669. The molecule has 5 nitrogen and oxygen atoms in total. The number of amides is 1. The third-order valence-electron chi connectivity index (χ3n) is 3.98. The van der Waals surface area contributed by atoms with Crippen LogP contribution in [0.2, 0.25) is 5.02 Å². The normalized spacial score (nSPS) is 18.2. The number of ether oxygens (including phenoxy) is 1. The van der Waals surface area contributed by atoms with E-state index in [1.807, 2.05) is 47.0 Å². The van der Waals surface area contributed by atoms with Gasteiger partial charge in [-0.1, -0.05) is 23.7 Å². The minimum Gasteiger partial charge on any atom is -0.370 e. The summed E-state index contributed by atoms with van der Waals surface area (Å²) in [6.45, 7) is 4.37. The Balaban J connectivity index is 1.57. The SMILES string of the molecule is Cc1cnn(CCC(=O)N2CCO[C@@H](c3ccc(Cl)cc3)C2)c1. The molecule has 1 aromatic heterocycles. The summed E-state index contributed by atoms with van der Waals surface area (Å²) in [6.07, 6.45) is 4.12. The van der Waals surface area contributed by atoms with E-state index in [9.17, 15) is 4.79 Å². The van der Waals surface area contributed by atoms with Crippen LogP contribution in [-0.2, 0) is 16.1 Å². The van der Waals surface area contributed by atoms with Crippen LogP contribution < -0.4 is 0 Å². The van der Waals surface area contributed by atoms with Crippen LogP contribution in [0, 0.1) is 6.92 Å². The lowest BCUT2D eigenvalue weighted by atomic mass is 10.1. The van der Waals surface area contributed by atoms with Crippen molar-refractivity contribution in [2.24, 2.45) is 0 Å². The molecule has 0 unspecified atom stereocenters. The highest BCUT2D eigenvalue weighted by molar-refractivity contribution is 6.30. The first-order valence-corrected chi connectivity index (χ1v) is 8.13. The number of hydrogen-bond acceptors (Lipinski definition) is 3. The Labute approximate surface area is 140 Å². The van der Waals surface area contributed by atoms with E-state index in [1.54, 1.807) is 6.20 Å². The van der Waals surface area contributed by atoms with Crippen molar-refractivity contribution in [1.29, 1.82) is 0 Å². The summed E-state index contributed by atoms with van der Waals surface area (Å²) in [5.41, 5.74) is 2.15. The highest BCUT2D eigenvalue weighted by atomic mass is 35.5. The topological polar surface area (TPSA) is 47.4 Å². The maximum absolute atomic E-state index is 12.4. The lowest BCUT2D eigenvalue weighted by Crippen LogP contribution is -2.42. The number of aromatic nitrogens is 2. The molecule has 0 bridgehead atoms. The Morgan fingerprint density at radius 3 is 2.87 bits per heavy atom. The second kappa shape index (κ2) is 7.15. The van der Waals surface area contributed by atoms with Crippen LogP contribution in [-0.4, -0.2) is 40.3 Å². The zero-order valence-corrected chi connectivity index (χ0v) is 13.9. The molecule has 0 saturated carbocycles. The predicted molar refractivity (Wildman–Crippen MR) is 88.3 cm³/mol. The second-order valence-electron chi connectivity index (χ2n) is 5.78. The van der Waals surface area contributed by atoms with Crippen LogP contribution in [0.15, 0.2) is 36.7 Å². The average Bonchev–Trinajstić information content (AvgIpc) is 2.99. The fourth-order valence-corrected chi connectivity index (χ4v) is 2.84. The molecule has 1 aliphatic rings. The number of carbonyl (C=O) groups excluding carboxylic acids is 1. The standard InChI is InChI=1S/C17H20ClN3O2/c1-13-10-19-21(11-13)7-6-17(22)20-8-9-23-16(12-20)14-2-4-15(18)5-3-14/h2-5,10-11,16H,6-9,12H2,1H3/t16-/m1/s1. The zero-order valence-electron chi connectivity index (χ0n) is 13.1. The van der Waals surface area contributed by atoms with Gasteiger partial charge in [0.25, 0.3) is 0 Å². The smallest absolute Gasteiger partial charge is 0.224 e. The third kappa shape index (κ3) is 4.12. The van der Waals surface area contributed by atoms with Crippen molar-refractivity contribution in [2.45, 2.75) is 26.0 Å². The lowest BCUT2D eigenvalue weighted by Gasteiger charge is -2.33. The molecule has 3 rings (SSSR count). The number of nitrogens with zero attached hydrogens (tertiary/aromatic N) is 3. The average molecular weight is 334 g/mol. The first-order valence-electron chi connectivity index (χ1n) is 7.76. The van der Waals surface area contributed by atoms with Crippen LogP contribution in [0.25, 0.3) is 0 Å². The Morgan fingerprint density at radius 1 is 1.39 bits per heavy atom. The van der Waals surface area contributed by atoms with E-state index < -0.39 is 0 Å². The van der Waals surface area contributed by atoms with Gasteiger partial charge in [0.1, 0.15) is 6.10 Å². The number of carbonyl (C=O) groups is 1. The number of benzene rings is 1. The van der Waals surface area contributed by atoms with Crippen molar-refractivity contribution in [3.63, 3.8) is 0 Å². The van der Waals surface area contributed by atoms with E-state index in [-0.39, 0.29) is 12.0 Å². The summed E-state index contributed by atoms with van der Waals surface area (Å²) in [7, 11) is 0. The van der Waals surface area contributed by atoms with Crippen molar-refractivity contribution in [1.82, 2.24) is 14.7 Å². The molecule has 1 fully saturated rings. The molecule has 0 radical (unpaired) electrons. The van der Waals surface area contributed by atoms with Crippen molar-refractivity contribution >= 4 is 17.5 Å². The highest BCUT2D eigenvalue weighted by Crippen LogP contribution is 2.24.